The molecule has 17 heavy (non-hydrogen) atoms. The molecule has 0 bridgehead atoms. The molecule has 1 aliphatic rings. The number of likely N-dealkylation sites (tertiary alicyclic amines) is 1. The highest BCUT2D eigenvalue weighted by Gasteiger charge is 2.18. The molecule has 4 heteroatoms. The van der Waals surface area contributed by atoms with E-state index < -0.39 is 0 Å². The highest BCUT2D eigenvalue weighted by Crippen LogP contribution is 2.15. The molecule has 0 aliphatic carbocycles. The lowest BCUT2D eigenvalue weighted by Crippen LogP contribution is -2.45. The molecule has 0 saturated carbocycles. The van der Waals surface area contributed by atoms with Gasteiger partial charge in [0.15, 0.2) is 5.96 Å². The molecule has 0 aromatic carbocycles. The van der Waals surface area contributed by atoms with Crippen LogP contribution in [0.1, 0.15) is 33.6 Å². The number of guanidine groups is 1. The van der Waals surface area contributed by atoms with Gasteiger partial charge in [-0.1, -0.05) is 13.8 Å². The third-order valence-electron chi connectivity index (χ3n) is 3.28. The molecule has 0 radical (unpaired) electrons. The first-order valence-corrected chi connectivity index (χ1v) is 6.81. The average molecular weight is 241 g/mol. The number of aliphatic imine (C=N–C) groups is 1. The SMILES string of the molecule is CCNC(=NCC(C)CO)N1CCC(C)CC1. The van der Waals surface area contributed by atoms with Gasteiger partial charge in [-0.15, -0.1) is 0 Å². The highest BCUT2D eigenvalue weighted by molar-refractivity contribution is 5.80. The van der Waals surface area contributed by atoms with Gasteiger partial charge in [0, 0.05) is 32.8 Å². The van der Waals surface area contributed by atoms with E-state index in [9.17, 15) is 0 Å². The molecule has 1 aliphatic heterocycles. The van der Waals surface area contributed by atoms with Crippen LogP contribution in [-0.2, 0) is 0 Å². The van der Waals surface area contributed by atoms with Crippen molar-refractivity contribution >= 4 is 5.96 Å². The first-order valence-electron chi connectivity index (χ1n) is 6.81. The Morgan fingerprint density at radius 2 is 2.12 bits per heavy atom. The maximum atomic E-state index is 9.02. The Bertz CT molecular complexity index is 235. The summed E-state index contributed by atoms with van der Waals surface area (Å²) in [5.41, 5.74) is 0. The Balaban J connectivity index is 2.52. The van der Waals surface area contributed by atoms with Crippen molar-refractivity contribution in [2.45, 2.75) is 33.6 Å². The van der Waals surface area contributed by atoms with Crippen molar-refractivity contribution in [3.8, 4) is 0 Å². The average Bonchev–Trinajstić information content (AvgIpc) is 2.35. The number of aliphatic hydroxyl groups is 1. The summed E-state index contributed by atoms with van der Waals surface area (Å²) in [7, 11) is 0. The normalized spacial score (nSPS) is 20.5. The Hall–Kier alpha value is -0.770. The van der Waals surface area contributed by atoms with E-state index in [1.165, 1.54) is 12.8 Å². The van der Waals surface area contributed by atoms with E-state index in [1.807, 2.05) is 6.92 Å². The second-order valence-electron chi connectivity index (χ2n) is 5.15. The van der Waals surface area contributed by atoms with Gasteiger partial charge in [0.05, 0.1) is 0 Å². The van der Waals surface area contributed by atoms with Gasteiger partial charge in [0.1, 0.15) is 0 Å². The summed E-state index contributed by atoms with van der Waals surface area (Å²) in [5.74, 6) is 2.09. The van der Waals surface area contributed by atoms with Crippen LogP contribution in [0.25, 0.3) is 0 Å². The number of nitrogens with one attached hydrogen (secondary N) is 1. The van der Waals surface area contributed by atoms with Crippen LogP contribution in [0.3, 0.4) is 0 Å². The Kier molecular flexibility index (Phi) is 6.34. The minimum Gasteiger partial charge on any atom is -0.396 e. The maximum Gasteiger partial charge on any atom is 0.193 e. The Labute approximate surface area is 105 Å². The molecule has 1 atom stereocenters. The second kappa shape index (κ2) is 7.54. The largest absolute Gasteiger partial charge is 0.396 e. The lowest BCUT2D eigenvalue weighted by molar-refractivity contribution is 0.240. The number of hydrogen-bond donors (Lipinski definition) is 2. The molecule has 100 valence electrons. The quantitative estimate of drug-likeness (QED) is 0.576. The van der Waals surface area contributed by atoms with Crippen LogP contribution < -0.4 is 5.32 Å². The molecule has 4 nitrogen and oxygen atoms in total. The molecular formula is C13H27N3O. The summed E-state index contributed by atoms with van der Waals surface area (Å²) in [6, 6.07) is 0. The Morgan fingerprint density at radius 3 is 2.65 bits per heavy atom. The second-order valence-corrected chi connectivity index (χ2v) is 5.15. The smallest absolute Gasteiger partial charge is 0.193 e. The number of hydrogen-bond acceptors (Lipinski definition) is 2. The molecule has 2 N–H and O–H groups in total. The van der Waals surface area contributed by atoms with E-state index in [1.54, 1.807) is 0 Å². The van der Waals surface area contributed by atoms with Crippen LogP contribution in [0.5, 0.6) is 0 Å². The van der Waals surface area contributed by atoms with Crippen LogP contribution in [-0.4, -0.2) is 48.8 Å². The Morgan fingerprint density at radius 1 is 1.47 bits per heavy atom. The minimum absolute atomic E-state index is 0.208. The summed E-state index contributed by atoms with van der Waals surface area (Å²) in [6.07, 6.45) is 2.50. The van der Waals surface area contributed by atoms with E-state index in [0.717, 1.165) is 31.5 Å². The first kappa shape index (κ1) is 14.3. The van der Waals surface area contributed by atoms with E-state index >= 15 is 0 Å². The van der Waals surface area contributed by atoms with Crippen molar-refractivity contribution in [1.29, 1.82) is 0 Å². The van der Waals surface area contributed by atoms with Crippen LogP contribution in [0, 0.1) is 11.8 Å². The number of piperidine rings is 1. The predicted molar refractivity (Wildman–Crippen MR) is 72.2 cm³/mol. The fourth-order valence-electron chi connectivity index (χ4n) is 1.95. The maximum absolute atomic E-state index is 9.02. The summed E-state index contributed by atoms with van der Waals surface area (Å²) in [6.45, 7) is 10.4. The van der Waals surface area contributed by atoms with Crippen LogP contribution in [0.15, 0.2) is 4.99 Å². The van der Waals surface area contributed by atoms with E-state index in [4.69, 9.17) is 5.11 Å². The van der Waals surface area contributed by atoms with Gasteiger partial charge in [-0.25, -0.2) is 0 Å². The van der Waals surface area contributed by atoms with Crippen LogP contribution >= 0.6 is 0 Å². The fourth-order valence-corrected chi connectivity index (χ4v) is 1.95. The zero-order valence-electron chi connectivity index (χ0n) is 11.4. The van der Waals surface area contributed by atoms with Crippen LogP contribution in [0.2, 0.25) is 0 Å². The zero-order chi connectivity index (χ0) is 12.7. The molecule has 0 spiro atoms. The van der Waals surface area contributed by atoms with Crippen molar-refractivity contribution in [2.75, 3.05) is 32.8 Å². The summed E-state index contributed by atoms with van der Waals surface area (Å²) < 4.78 is 0. The summed E-state index contributed by atoms with van der Waals surface area (Å²) >= 11 is 0. The monoisotopic (exact) mass is 241 g/mol. The van der Waals surface area contributed by atoms with E-state index in [0.29, 0.717) is 6.54 Å². The molecule has 1 rings (SSSR count). The van der Waals surface area contributed by atoms with Crippen molar-refractivity contribution < 1.29 is 5.11 Å². The molecule has 0 aromatic rings. The minimum atomic E-state index is 0.208. The van der Waals surface area contributed by atoms with Gasteiger partial charge in [-0.05, 0) is 31.6 Å². The van der Waals surface area contributed by atoms with Crippen LogP contribution in [0.4, 0.5) is 0 Å². The number of nitrogens with zero attached hydrogens (tertiary/aromatic N) is 2. The zero-order valence-corrected chi connectivity index (χ0v) is 11.4. The number of aliphatic hydroxyl groups excluding tert-OH is 1. The van der Waals surface area contributed by atoms with Gasteiger partial charge >= 0.3 is 0 Å². The van der Waals surface area contributed by atoms with Gasteiger partial charge in [-0.3, -0.25) is 4.99 Å². The van der Waals surface area contributed by atoms with Gasteiger partial charge in [0.25, 0.3) is 0 Å². The standard InChI is InChI=1S/C13H27N3O/c1-4-14-13(15-9-12(3)10-17)16-7-5-11(2)6-8-16/h11-12,17H,4-10H2,1-3H3,(H,14,15). The summed E-state index contributed by atoms with van der Waals surface area (Å²) in [4.78, 5) is 6.95. The number of rotatable bonds is 4. The molecule has 0 amide bonds. The van der Waals surface area contributed by atoms with Crippen molar-refractivity contribution in [2.24, 2.45) is 16.8 Å². The van der Waals surface area contributed by atoms with Gasteiger partial charge < -0.3 is 15.3 Å². The molecule has 1 unspecified atom stereocenters. The first-order chi connectivity index (χ1) is 8.17. The molecule has 1 saturated heterocycles. The lowest BCUT2D eigenvalue weighted by atomic mass is 9.99. The molecular weight excluding hydrogens is 214 g/mol. The van der Waals surface area contributed by atoms with Crippen molar-refractivity contribution in [1.82, 2.24) is 10.2 Å². The van der Waals surface area contributed by atoms with Crippen molar-refractivity contribution in [3.05, 3.63) is 0 Å². The third-order valence-corrected chi connectivity index (χ3v) is 3.28. The fraction of sp³-hybridized carbons (Fsp3) is 0.923. The molecule has 1 heterocycles. The van der Waals surface area contributed by atoms with Gasteiger partial charge in [0.2, 0.25) is 0 Å². The van der Waals surface area contributed by atoms with Crippen molar-refractivity contribution in [3.63, 3.8) is 0 Å². The van der Waals surface area contributed by atoms with E-state index in [2.05, 4.69) is 29.1 Å². The summed E-state index contributed by atoms with van der Waals surface area (Å²) in [5, 5.41) is 12.4. The topological polar surface area (TPSA) is 47.9 Å². The van der Waals surface area contributed by atoms with Gasteiger partial charge in [-0.2, -0.15) is 0 Å². The molecule has 1 fully saturated rings. The predicted octanol–water partition coefficient (Wildman–Crippen LogP) is 1.31. The highest BCUT2D eigenvalue weighted by atomic mass is 16.3. The van der Waals surface area contributed by atoms with E-state index in [-0.39, 0.29) is 12.5 Å². The third kappa shape index (κ3) is 4.94. The lowest BCUT2D eigenvalue weighted by Gasteiger charge is -2.33. The molecule has 0 aromatic heterocycles.